The van der Waals surface area contributed by atoms with Gasteiger partial charge < -0.3 is 9.73 Å². The Kier molecular flexibility index (Phi) is 2.17. The lowest BCUT2D eigenvalue weighted by Gasteiger charge is -2.34. The second-order valence-electron chi connectivity index (χ2n) is 3.62. The fourth-order valence-electron chi connectivity index (χ4n) is 1.61. The second kappa shape index (κ2) is 3.31. The Labute approximate surface area is 73.0 Å². The van der Waals surface area contributed by atoms with Crippen molar-refractivity contribution in [3.05, 3.63) is 24.2 Å². The zero-order valence-electron chi connectivity index (χ0n) is 7.42. The summed E-state index contributed by atoms with van der Waals surface area (Å²) in [6.07, 6.45) is 4.42. The highest BCUT2D eigenvalue weighted by Crippen LogP contribution is 2.26. The van der Waals surface area contributed by atoms with Crippen LogP contribution in [0.2, 0.25) is 0 Å². The van der Waals surface area contributed by atoms with Crippen LogP contribution in [0, 0.1) is 5.92 Å². The molecule has 0 aromatic carbocycles. The van der Waals surface area contributed by atoms with Crippen LogP contribution in [0.3, 0.4) is 0 Å². The molecule has 66 valence electrons. The molecule has 1 saturated carbocycles. The molecule has 0 amide bonds. The van der Waals surface area contributed by atoms with Crippen molar-refractivity contribution in [1.82, 2.24) is 5.32 Å². The first kappa shape index (κ1) is 7.87. The molecule has 0 aliphatic heterocycles. The van der Waals surface area contributed by atoms with Crippen LogP contribution in [-0.2, 0) is 6.54 Å². The van der Waals surface area contributed by atoms with Crippen LogP contribution in [0.1, 0.15) is 25.5 Å². The average molecular weight is 165 g/mol. The van der Waals surface area contributed by atoms with Crippen molar-refractivity contribution in [3.63, 3.8) is 0 Å². The first-order valence-electron chi connectivity index (χ1n) is 4.62. The lowest BCUT2D eigenvalue weighted by Crippen LogP contribution is -2.41. The van der Waals surface area contributed by atoms with E-state index in [1.165, 1.54) is 12.8 Å². The largest absolute Gasteiger partial charge is 0.468 e. The molecule has 1 fully saturated rings. The average Bonchev–Trinajstić information content (AvgIpc) is 2.54. The summed E-state index contributed by atoms with van der Waals surface area (Å²) in [5.41, 5.74) is 0. The van der Waals surface area contributed by atoms with Gasteiger partial charge >= 0.3 is 0 Å². The molecule has 1 heterocycles. The van der Waals surface area contributed by atoms with Gasteiger partial charge in [0, 0.05) is 6.04 Å². The summed E-state index contributed by atoms with van der Waals surface area (Å²) in [5.74, 6) is 1.88. The number of hydrogen-bond acceptors (Lipinski definition) is 2. The van der Waals surface area contributed by atoms with Gasteiger partial charge in [-0.25, -0.2) is 0 Å². The predicted molar refractivity (Wildman–Crippen MR) is 47.7 cm³/mol. The Hall–Kier alpha value is -0.760. The minimum atomic E-state index is 0.718. The molecule has 1 aliphatic carbocycles. The third-order valence-electron chi connectivity index (χ3n) is 2.74. The molecule has 1 aromatic heterocycles. The van der Waals surface area contributed by atoms with Crippen LogP contribution in [0.5, 0.6) is 0 Å². The second-order valence-corrected chi connectivity index (χ2v) is 3.62. The standard InChI is InChI=1S/C10H15NO/c1-8-4-5-10(8)11-7-9-3-2-6-12-9/h2-3,6,8,10-11H,4-5,7H2,1H3. The van der Waals surface area contributed by atoms with Gasteiger partial charge in [0.25, 0.3) is 0 Å². The quantitative estimate of drug-likeness (QED) is 0.742. The molecule has 0 spiro atoms. The first-order chi connectivity index (χ1) is 5.86. The number of nitrogens with one attached hydrogen (secondary N) is 1. The summed E-state index contributed by atoms with van der Waals surface area (Å²) in [6, 6.07) is 4.66. The van der Waals surface area contributed by atoms with E-state index in [1.54, 1.807) is 6.26 Å². The number of rotatable bonds is 3. The monoisotopic (exact) mass is 165 g/mol. The van der Waals surface area contributed by atoms with E-state index in [1.807, 2.05) is 12.1 Å². The third kappa shape index (κ3) is 1.53. The Morgan fingerprint density at radius 1 is 1.58 bits per heavy atom. The molecule has 1 aliphatic rings. The molecule has 2 nitrogen and oxygen atoms in total. The smallest absolute Gasteiger partial charge is 0.117 e. The fourth-order valence-corrected chi connectivity index (χ4v) is 1.61. The maximum atomic E-state index is 5.23. The first-order valence-corrected chi connectivity index (χ1v) is 4.62. The maximum Gasteiger partial charge on any atom is 0.117 e. The highest BCUT2D eigenvalue weighted by atomic mass is 16.3. The molecule has 2 rings (SSSR count). The van der Waals surface area contributed by atoms with Crippen molar-refractivity contribution in [1.29, 1.82) is 0 Å². The summed E-state index contributed by atoms with van der Waals surface area (Å²) in [5, 5.41) is 3.48. The lowest BCUT2D eigenvalue weighted by atomic mass is 9.81. The number of hydrogen-bond donors (Lipinski definition) is 1. The van der Waals surface area contributed by atoms with Crippen molar-refractivity contribution < 1.29 is 4.42 Å². The summed E-state index contributed by atoms with van der Waals surface area (Å²) in [4.78, 5) is 0. The van der Waals surface area contributed by atoms with Crippen LogP contribution in [0.4, 0.5) is 0 Å². The van der Waals surface area contributed by atoms with Crippen molar-refractivity contribution >= 4 is 0 Å². The van der Waals surface area contributed by atoms with Crippen LogP contribution in [-0.4, -0.2) is 6.04 Å². The molecule has 2 atom stereocenters. The SMILES string of the molecule is CC1CCC1NCc1ccco1. The highest BCUT2D eigenvalue weighted by molar-refractivity contribution is 4.98. The summed E-state index contributed by atoms with van der Waals surface area (Å²) in [7, 11) is 0. The summed E-state index contributed by atoms with van der Waals surface area (Å²) < 4.78 is 5.23. The van der Waals surface area contributed by atoms with Crippen LogP contribution in [0.15, 0.2) is 22.8 Å². The number of furan rings is 1. The van der Waals surface area contributed by atoms with Gasteiger partial charge in [-0.15, -0.1) is 0 Å². The van der Waals surface area contributed by atoms with Crippen molar-refractivity contribution in [2.45, 2.75) is 32.4 Å². The topological polar surface area (TPSA) is 25.2 Å². The maximum absolute atomic E-state index is 5.23. The van der Waals surface area contributed by atoms with Gasteiger partial charge in [0.1, 0.15) is 5.76 Å². The minimum Gasteiger partial charge on any atom is -0.468 e. The van der Waals surface area contributed by atoms with E-state index in [2.05, 4.69) is 12.2 Å². The van der Waals surface area contributed by atoms with Crippen molar-refractivity contribution in [3.8, 4) is 0 Å². The molecule has 12 heavy (non-hydrogen) atoms. The van der Waals surface area contributed by atoms with E-state index in [0.717, 1.165) is 24.3 Å². The van der Waals surface area contributed by atoms with Gasteiger partial charge in [-0.1, -0.05) is 6.92 Å². The van der Waals surface area contributed by atoms with Crippen LogP contribution >= 0.6 is 0 Å². The summed E-state index contributed by atoms with van der Waals surface area (Å²) >= 11 is 0. The minimum absolute atomic E-state index is 0.718. The predicted octanol–water partition coefficient (Wildman–Crippen LogP) is 2.17. The summed E-state index contributed by atoms with van der Waals surface area (Å²) in [6.45, 7) is 3.17. The van der Waals surface area contributed by atoms with E-state index in [0.29, 0.717) is 0 Å². The molecule has 0 radical (unpaired) electrons. The Bertz CT molecular complexity index is 230. The Balaban J connectivity index is 1.75. The molecular formula is C10H15NO. The molecule has 0 saturated heterocycles. The highest BCUT2D eigenvalue weighted by Gasteiger charge is 2.25. The van der Waals surface area contributed by atoms with Crippen LogP contribution in [0.25, 0.3) is 0 Å². The molecule has 2 unspecified atom stereocenters. The molecule has 2 heteroatoms. The van der Waals surface area contributed by atoms with Crippen molar-refractivity contribution in [2.75, 3.05) is 0 Å². The van der Waals surface area contributed by atoms with Gasteiger partial charge in [0.2, 0.25) is 0 Å². The van der Waals surface area contributed by atoms with Crippen LogP contribution < -0.4 is 5.32 Å². The van der Waals surface area contributed by atoms with E-state index in [4.69, 9.17) is 4.42 Å². The van der Waals surface area contributed by atoms with Gasteiger partial charge in [0.05, 0.1) is 12.8 Å². The Morgan fingerprint density at radius 3 is 3.00 bits per heavy atom. The van der Waals surface area contributed by atoms with E-state index >= 15 is 0 Å². The van der Waals surface area contributed by atoms with E-state index < -0.39 is 0 Å². The van der Waals surface area contributed by atoms with Crippen molar-refractivity contribution in [2.24, 2.45) is 5.92 Å². The molecule has 1 N–H and O–H groups in total. The zero-order chi connectivity index (χ0) is 8.39. The van der Waals surface area contributed by atoms with Gasteiger partial charge in [-0.3, -0.25) is 0 Å². The van der Waals surface area contributed by atoms with E-state index in [-0.39, 0.29) is 0 Å². The van der Waals surface area contributed by atoms with Gasteiger partial charge in [-0.2, -0.15) is 0 Å². The molecule has 1 aromatic rings. The molecule has 0 bridgehead atoms. The van der Waals surface area contributed by atoms with E-state index in [9.17, 15) is 0 Å². The zero-order valence-corrected chi connectivity index (χ0v) is 7.42. The molecular weight excluding hydrogens is 150 g/mol. The fraction of sp³-hybridized carbons (Fsp3) is 0.600. The van der Waals surface area contributed by atoms with Gasteiger partial charge in [0.15, 0.2) is 0 Å². The lowest BCUT2D eigenvalue weighted by molar-refractivity contribution is 0.223. The Morgan fingerprint density at radius 2 is 2.50 bits per heavy atom. The third-order valence-corrected chi connectivity index (χ3v) is 2.74. The van der Waals surface area contributed by atoms with Gasteiger partial charge in [-0.05, 0) is 30.9 Å². The normalized spacial score (nSPS) is 28.4.